The smallest absolute Gasteiger partial charge is 0.170 e. The Kier molecular flexibility index (Phi) is 4.84. The van der Waals surface area contributed by atoms with Crippen molar-refractivity contribution in [3.05, 3.63) is 28.8 Å². The van der Waals surface area contributed by atoms with Gasteiger partial charge in [0.05, 0.1) is 0 Å². The van der Waals surface area contributed by atoms with Gasteiger partial charge in [-0.2, -0.15) is 0 Å². The molecule has 0 spiro atoms. The second kappa shape index (κ2) is 6.61. The number of aryl methyl sites for hydroxylation is 2. The third-order valence-corrected chi connectivity index (χ3v) is 3.72. The van der Waals surface area contributed by atoms with Crippen LogP contribution in [-0.2, 0) is 0 Å². The van der Waals surface area contributed by atoms with Gasteiger partial charge in [0, 0.05) is 12.1 Å². The van der Waals surface area contributed by atoms with E-state index in [1.807, 2.05) is 26.0 Å². The fourth-order valence-corrected chi connectivity index (χ4v) is 2.67. The highest BCUT2D eigenvalue weighted by atomic mass is 16.5. The lowest BCUT2D eigenvalue weighted by Crippen LogP contribution is -2.25. The lowest BCUT2D eigenvalue weighted by molar-refractivity contribution is 0.236. The van der Waals surface area contributed by atoms with Gasteiger partial charge >= 0.3 is 0 Å². The van der Waals surface area contributed by atoms with Crippen LogP contribution < -0.4 is 10.5 Å². The SMILES string of the molecule is Cc1cc(/C(N)=N/O)cc(C)c1OCCN1CCCC1. The van der Waals surface area contributed by atoms with Crippen LogP contribution in [0.5, 0.6) is 5.75 Å². The zero-order valence-corrected chi connectivity index (χ0v) is 12.2. The van der Waals surface area contributed by atoms with Crippen molar-refractivity contribution in [3.63, 3.8) is 0 Å². The van der Waals surface area contributed by atoms with E-state index in [0.29, 0.717) is 6.61 Å². The molecule has 0 atom stereocenters. The number of benzene rings is 1. The predicted molar refractivity (Wildman–Crippen MR) is 79.6 cm³/mol. The van der Waals surface area contributed by atoms with Crippen LogP contribution in [0.15, 0.2) is 17.3 Å². The quantitative estimate of drug-likeness (QED) is 0.373. The molecule has 0 aliphatic carbocycles. The molecule has 1 heterocycles. The van der Waals surface area contributed by atoms with E-state index in [0.717, 1.165) is 29.0 Å². The number of oxime groups is 1. The van der Waals surface area contributed by atoms with E-state index in [2.05, 4.69) is 10.1 Å². The molecule has 3 N–H and O–H groups in total. The Morgan fingerprint density at radius 2 is 1.90 bits per heavy atom. The van der Waals surface area contributed by atoms with Gasteiger partial charge in [0.2, 0.25) is 0 Å². The maximum atomic E-state index is 8.73. The first-order valence-electron chi connectivity index (χ1n) is 7.06. The monoisotopic (exact) mass is 277 g/mol. The average Bonchev–Trinajstić information content (AvgIpc) is 2.93. The Morgan fingerprint density at radius 1 is 1.30 bits per heavy atom. The van der Waals surface area contributed by atoms with Gasteiger partial charge < -0.3 is 15.7 Å². The van der Waals surface area contributed by atoms with E-state index in [1.165, 1.54) is 25.9 Å². The first-order valence-corrected chi connectivity index (χ1v) is 7.06. The Hall–Kier alpha value is -1.75. The maximum absolute atomic E-state index is 8.73. The molecule has 1 aliphatic heterocycles. The first-order chi connectivity index (χ1) is 9.61. The van der Waals surface area contributed by atoms with Crippen LogP contribution in [0.3, 0.4) is 0 Å². The van der Waals surface area contributed by atoms with E-state index >= 15 is 0 Å². The number of rotatable bonds is 5. The number of amidine groups is 1. The lowest BCUT2D eigenvalue weighted by Gasteiger charge is -2.17. The number of nitrogens with zero attached hydrogens (tertiary/aromatic N) is 2. The summed E-state index contributed by atoms with van der Waals surface area (Å²) in [5.41, 5.74) is 8.35. The van der Waals surface area contributed by atoms with Gasteiger partial charge in [0.15, 0.2) is 5.84 Å². The largest absolute Gasteiger partial charge is 0.492 e. The second-order valence-corrected chi connectivity index (χ2v) is 5.32. The molecule has 110 valence electrons. The van der Waals surface area contributed by atoms with Gasteiger partial charge in [-0.15, -0.1) is 0 Å². The maximum Gasteiger partial charge on any atom is 0.170 e. The van der Waals surface area contributed by atoms with E-state index in [4.69, 9.17) is 15.7 Å². The van der Waals surface area contributed by atoms with Crippen LogP contribution in [0.1, 0.15) is 29.5 Å². The molecular formula is C15H23N3O2. The standard InChI is InChI=1S/C15H23N3O2/c1-11-9-13(15(16)17-19)10-12(2)14(11)20-8-7-18-5-3-4-6-18/h9-10,19H,3-8H2,1-2H3,(H2,16,17). The molecule has 1 saturated heterocycles. The summed E-state index contributed by atoms with van der Waals surface area (Å²) in [5, 5.41) is 11.8. The molecule has 1 aliphatic rings. The third-order valence-electron chi connectivity index (χ3n) is 3.72. The van der Waals surface area contributed by atoms with Crippen molar-refractivity contribution >= 4 is 5.84 Å². The second-order valence-electron chi connectivity index (χ2n) is 5.32. The van der Waals surface area contributed by atoms with Crippen molar-refractivity contribution in [1.82, 2.24) is 4.90 Å². The van der Waals surface area contributed by atoms with E-state index < -0.39 is 0 Å². The molecule has 0 radical (unpaired) electrons. The van der Waals surface area contributed by atoms with Crippen molar-refractivity contribution < 1.29 is 9.94 Å². The van der Waals surface area contributed by atoms with Crippen molar-refractivity contribution in [2.75, 3.05) is 26.2 Å². The van der Waals surface area contributed by atoms with E-state index in [9.17, 15) is 0 Å². The van der Waals surface area contributed by atoms with E-state index in [1.54, 1.807) is 0 Å². The van der Waals surface area contributed by atoms with Gasteiger partial charge in [-0.1, -0.05) is 5.16 Å². The summed E-state index contributed by atoms with van der Waals surface area (Å²) >= 11 is 0. The summed E-state index contributed by atoms with van der Waals surface area (Å²) < 4.78 is 5.91. The van der Waals surface area contributed by atoms with Crippen molar-refractivity contribution in [1.29, 1.82) is 0 Å². The molecule has 0 saturated carbocycles. The van der Waals surface area contributed by atoms with Crippen LogP contribution in [-0.4, -0.2) is 42.2 Å². The lowest BCUT2D eigenvalue weighted by atomic mass is 10.1. The van der Waals surface area contributed by atoms with Gasteiger partial charge in [0.1, 0.15) is 12.4 Å². The normalized spacial score (nSPS) is 16.6. The van der Waals surface area contributed by atoms with Gasteiger partial charge in [-0.05, 0) is 63.0 Å². The fraction of sp³-hybridized carbons (Fsp3) is 0.533. The Balaban J connectivity index is 2.00. The minimum absolute atomic E-state index is 0.125. The highest BCUT2D eigenvalue weighted by Crippen LogP contribution is 2.25. The Morgan fingerprint density at radius 3 is 2.45 bits per heavy atom. The zero-order valence-electron chi connectivity index (χ0n) is 12.2. The number of likely N-dealkylation sites (tertiary alicyclic amines) is 1. The molecule has 5 heteroatoms. The summed E-state index contributed by atoms with van der Waals surface area (Å²) in [5.74, 6) is 1.03. The number of nitrogens with two attached hydrogens (primary N) is 1. The number of ether oxygens (including phenoxy) is 1. The summed E-state index contributed by atoms with van der Waals surface area (Å²) in [6.45, 7) is 8.00. The highest BCUT2D eigenvalue weighted by molar-refractivity contribution is 5.97. The topological polar surface area (TPSA) is 71.1 Å². The predicted octanol–water partition coefficient (Wildman–Crippen LogP) is 1.87. The van der Waals surface area contributed by atoms with Crippen LogP contribution in [0, 0.1) is 13.8 Å². The number of hydrogen-bond acceptors (Lipinski definition) is 4. The molecule has 1 aromatic carbocycles. The molecule has 1 aromatic rings. The zero-order chi connectivity index (χ0) is 14.5. The summed E-state index contributed by atoms with van der Waals surface area (Å²) in [6.07, 6.45) is 2.60. The Labute approximate surface area is 120 Å². The highest BCUT2D eigenvalue weighted by Gasteiger charge is 2.12. The van der Waals surface area contributed by atoms with Crippen LogP contribution in [0.2, 0.25) is 0 Å². The average molecular weight is 277 g/mol. The Bertz CT molecular complexity index is 471. The summed E-state index contributed by atoms with van der Waals surface area (Å²) in [7, 11) is 0. The minimum Gasteiger partial charge on any atom is -0.492 e. The first kappa shape index (κ1) is 14.7. The molecule has 5 nitrogen and oxygen atoms in total. The molecule has 0 bridgehead atoms. The summed E-state index contributed by atoms with van der Waals surface area (Å²) in [4.78, 5) is 2.43. The molecule has 20 heavy (non-hydrogen) atoms. The molecule has 2 rings (SSSR count). The van der Waals surface area contributed by atoms with Crippen molar-refractivity contribution in [2.45, 2.75) is 26.7 Å². The molecule has 0 aromatic heterocycles. The van der Waals surface area contributed by atoms with Crippen molar-refractivity contribution in [2.24, 2.45) is 10.9 Å². The minimum atomic E-state index is 0.125. The van der Waals surface area contributed by atoms with Gasteiger partial charge in [-0.3, -0.25) is 4.90 Å². The van der Waals surface area contributed by atoms with Crippen LogP contribution >= 0.6 is 0 Å². The molecule has 0 amide bonds. The fourth-order valence-electron chi connectivity index (χ4n) is 2.67. The van der Waals surface area contributed by atoms with Crippen LogP contribution in [0.4, 0.5) is 0 Å². The third kappa shape index (κ3) is 3.42. The molecule has 0 unspecified atom stereocenters. The summed E-state index contributed by atoms with van der Waals surface area (Å²) in [6, 6.07) is 3.76. The van der Waals surface area contributed by atoms with Crippen LogP contribution in [0.25, 0.3) is 0 Å². The van der Waals surface area contributed by atoms with Gasteiger partial charge in [-0.25, -0.2) is 0 Å². The molecular weight excluding hydrogens is 254 g/mol. The van der Waals surface area contributed by atoms with Crippen molar-refractivity contribution in [3.8, 4) is 5.75 Å². The number of hydrogen-bond donors (Lipinski definition) is 2. The molecule has 1 fully saturated rings. The van der Waals surface area contributed by atoms with Gasteiger partial charge in [0.25, 0.3) is 0 Å². The van der Waals surface area contributed by atoms with E-state index in [-0.39, 0.29) is 5.84 Å².